The molecule has 1 amide bonds. The number of benzene rings is 2. The van der Waals surface area contributed by atoms with Crippen LogP contribution in [0.25, 0.3) is 0 Å². The second-order valence-electron chi connectivity index (χ2n) is 5.38. The number of alkyl halides is 3. The van der Waals surface area contributed by atoms with Crippen LogP contribution in [0.5, 0.6) is 5.75 Å². The van der Waals surface area contributed by atoms with Crippen LogP contribution in [0.3, 0.4) is 0 Å². The Morgan fingerprint density at radius 3 is 2.31 bits per heavy atom. The zero-order chi connectivity index (χ0) is 19.3. The molecule has 0 fully saturated rings. The van der Waals surface area contributed by atoms with Crippen molar-refractivity contribution >= 4 is 63.7 Å². The molecule has 26 heavy (non-hydrogen) atoms. The lowest BCUT2D eigenvalue weighted by atomic mass is 10.1. The number of nitrogens with one attached hydrogen (secondary N) is 3. The molecule has 5 nitrogen and oxygen atoms in total. The second kappa shape index (κ2) is 8.77. The molecule has 0 saturated carbocycles. The summed E-state index contributed by atoms with van der Waals surface area (Å²) in [6.45, 7) is 1.80. The van der Waals surface area contributed by atoms with Crippen LogP contribution < -0.4 is 16.0 Å². The number of phenols is 1. The first-order chi connectivity index (χ1) is 12.2. The normalized spacial score (nSPS) is 12.2. The van der Waals surface area contributed by atoms with Gasteiger partial charge >= 0.3 is 0 Å². The first-order valence-electron chi connectivity index (χ1n) is 7.47. The van der Waals surface area contributed by atoms with Gasteiger partial charge in [0.05, 0.1) is 5.69 Å². The Morgan fingerprint density at radius 1 is 1.08 bits per heavy atom. The highest BCUT2D eigenvalue weighted by Crippen LogP contribution is 2.29. The number of halogens is 3. The number of carbonyl (C=O) groups is 1. The van der Waals surface area contributed by atoms with E-state index < -0.39 is 15.9 Å². The van der Waals surface area contributed by atoms with Gasteiger partial charge in [0.1, 0.15) is 11.9 Å². The predicted octanol–water partition coefficient (Wildman–Crippen LogP) is 4.11. The summed E-state index contributed by atoms with van der Waals surface area (Å²) < 4.78 is -1.87. The van der Waals surface area contributed by atoms with Gasteiger partial charge in [0.2, 0.25) is 3.79 Å². The first-order valence-corrected chi connectivity index (χ1v) is 9.01. The number of phenolic OH excluding ortho intramolecular Hbond substituents is 1. The summed E-state index contributed by atoms with van der Waals surface area (Å²) in [6, 6.07) is 13.5. The molecule has 1 unspecified atom stereocenters. The van der Waals surface area contributed by atoms with Crippen LogP contribution in [0.15, 0.2) is 48.5 Å². The Labute approximate surface area is 171 Å². The molecule has 0 saturated heterocycles. The SMILES string of the molecule is Cc1ccccc1C(=O)NC(NC(=S)Nc1ccccc1O)C(Cl)(Cl)Cl. The summed E-state index contributed by atoms with van der Waals surface area (Å²) in [5.74, 6) is -0.414. The molecular formula is C17H16Cl3N3O2S. The monoisotopic (exact) mass is 431 g/mol. The highest BCUT2D eigenvalue weighted by Gasteiger charge is 2.35. The number of thiocarbonyl (C=S) groups is 1. The highest BCUT2D eigenvalue weighted by molar-refractivity contribution is 7.80. The number of hydrogen-bond acceptors (Lipinski definition) is 3. The van der Waals surface area contributed by atoms with E-state index in [1.807, 2.05) is 6.07 Å². The Kier molecular flexibility index (Phi) is 6.94. The maximum atomic E-state index is 12.5. The van der Waals surface area contributed by atoms with Crippen LogP contribution in [-0.4, -0.2) is 26.1 Å². The van der Waals surface area contributed by atoms with Gasteiger partial charge in [0.25, 0.3) is 5.91 Å². The molecule has 0 aromatic heterocycles. The van der Waals surface area contributed by atoms with Crippen LogP contribution in [0.1, 0.15) is 15.9 Å². The van der Waals surface area contributed by atoms with Crippen molar-refractivity contribution in [2.75, 3.05) is 5.32 Å². The maximum Gasteiger partial charge on any atom is 0.253 e. The molecule has 4 N–H and O–H groups in total. The lowest BCUT2D eigenvalue weighted by molar-refractivity contribution is 0.0934. The highest BCUT2D eigenvalue weighted by atomic mass is 35.6. The van der Waals surface area contributed by atoms with Gasteiger partial charge < -0.3 is 21.1 Å². The molecule has 0 spiro atoms. The molecule has 0 bridgehead atoms. The van der Waals surface area contributed by atoms with Gasteiger partial charge in [-0.3, -0.25) is 4.79 Å². The van der Waals surface area contributed by atoms with Crippen LogP contribution in [-0.2, 0) is 0 Å². The van der Waals surface area contributed by atoms with Gasteiger partial charge in [-0.1, -0.05) is 65.1 Å². The minimum Gasteiger partial charge on any atom is -0.506 e. The second-order valence-corrected chi connectivity index (χ2v) is 8.16. The smallest absolute Gasteiger partial charge is 0.253 e. The zero-order valence-electron chi connectivity index (χ0n) is 13.6. The Morgan fingerprint density at radius 2 is 1.69 bits per heavy atom. The molecule has 0 aliphatic rings. The molecule has 2 rings (SSSR count). The van der Waals surface area contributed by atoms with Crippen LogP contribution in [0.2, 0.25) is 0 Å². The third kappa shape index (κ3) is 5.64. The lowest BCUT2D eigenvalue weighted by Crippen LogP contribution is -2.56. The van der Waals surface area contributed by atoms with E-state index in [4.69, 9.17) is 47.0 Å². The van der Waals surface area contributed by atoms with Crippen molar-refractivity contribution in [1.82, 2.24) is 10.6 Å². The standard InChI is InChI=1S/C17H16Cl3N3O2S/c1-10-6-2-3-7-11(10)14(25)22-15(17(18,19)20)23-16(26)21-12-8-4-5-9-13(12)24/h2-9,15,24H,1H3,(H,22,25)(H2,21,23,26). The number of rotatable bonds is 4. The largest absolute Gasteiger partial charge is 0.506 e. The third-order valence-corrected chi connectivity index (χ3v) is 4.29. The van der Waals surface area contributed by atoms with Crippen molar-refractivity contribution in [2.45, 2.75) is 16.9 Å². The van der Waals surface area contributed by atoms with E-state index in [9.17, 15) is 9.90 Å². The quantitative estimate of drug-likeness (QED) is 0.253. The summed E-state index contributed by atoms with van der Waals surface area (Å²) in [5.41, 5.74) is 1.61. The Hall–Kier alpha value is -1.73. The van der Waals surface area contributed by atoms with Crippen molar-refractivity contribution in [2.24, 2.45) is 0 Å². The van der Waals surface area contributed by atoms with Gasteiger partial charge in [-0.25, -0.2) is 0 Å². The minimum absolute atomic E-state index is 0.00558. The fraction of sp³-hybridized carbons (Fsp3) is 0.176. The van der Waals surface area contributed by atoms with Gasteiger partial charge in [0, 0.05) is 5.56 Å². The summed E-state index contributed by atoms with van der Waals surface area (Å²) in [7, 11) is 0. The molecule has 0 heterocycles. The molecule has 2 aromatic rings. The van der Waals surface area contributed by atoms with E-state index in [0.717, 1.165) is 5.56 Å². The maximum absolute atomic E-state index is 12.5. The molecule has 138 valence electrons. The summed E-state index contributed by atoms with van der Waals surface area (Å²) in [4.78, 5) is 12.5. The average molecular weight is 433 g/mol. The van der Waals surface area contributed by atoms with Gasteiger partial charge in [0.15, 0.2) is 5.11 Å². The number of para-hydroxylation sites is 2. The topological polar surface area (TPSA) is 73.4 Å². The predicted molar refractivity (Wildman–Crippen MR) is 110 cm³/mol. The molecule has 1 atom stereocenters. The van der Waals surface area contributed by atoms with Crippen molar-refractivity contribution in [3.63, 3.8) is 0 Å². The zero-order valence-corrected chi connectivity index (χ0v) is 16.7. The minimum atomic E-state index is -1.87. The number of carbonyl (C=O) groups excluding carboxylic acids is 1. The molecule has 9 heteroatoms. The van der Waals surface area contributed by atoms with Gasteiger partial charge in [-0.05, 0) is 42.9 Å². The van der Waals surface area contributed by atoms with Crippen molar-refractivity contribution in [3.8, 4) is 5.75 Å². The number of aryl methyl sites for hydroxylation is 1. The summed E-state index contributed by atoms with van der Waals surface area (Å²) in [6.07, 6.45) is -1.11. The number of aromatic hydroxyl groups is 1. The molecule has 0 radical (unpaired) electrons. The van der Waals surface area contributed by atoms with Crippen molar-refractivity contribution in [3.05, 3.63) is 59.7 Å². The fourth-order valence-corrected chi connectivity index (χ4v) is 2.66. The molecular weight excluding hydrogens is 417 g/mol. The van der Waals surface area contributed by atoms with Gasteiger partial charge in [-0.2, -0.15) is 0 Å². The van der Waals surface area contributed by atoms with E-state index in [-0.39, 0.29) is 10.9 Å². The Bertz CT molecular complexity index is 812. The molecule has 0 aliphatic heterocycles. The van der Waals surface area contributed by atoms with Gasteiger partial charge in [-0.15, -0.1) is 0 Å². The van der Waals surface area contributed by atoms with E-state index in [1.54, 1.807) is 43.3 Å². The van der Waals surface area contributed by atoms with E-state index >= 15 is 0 Å². The van der Waals surface area contributed by atoms with Crippen LogP contribution in [0.4, 0.5) is 5.69 Å². The van der Waals surface area contributed by atoms with E-state index in [0.29, 0.717) is 11.3 Å². The number of hydrogen-bond donors (Lipinski definition) is 4. The average Bonchev–Trinajstić information content (AvgIpc) is 2.56. The fourth-order valence-electron chi connectivity index (χ4n) is 2.11. The van der Waals surface area contributed by atoms with Crippen LogP contribution in [0, 0.1) is 6.92 Å². The Balaban J connectivity index is 2.10. The number of anilines is 1. The first kappa shape index (κ1) is 20.6. The number of amides is 1. The van der Waals surface area contributed by atoms with Crippen molar-refractivity contribution in [1.29, 1.82) is 0 Å². The van der Waals surface area contributed by atoms with Crippen LogP contribution >= 0.6 is 47.0 Å². The van der Waals surface area contributed by atoms with Crippen molar-refractivity contribution < 1.29 is 9.90 Å². The summed E-state index contributed by atoms with van der Waals surface area (Å²) >= 11 is 23.1. The van der Waals surface area contributed by atoms with E-state index in [2.05, 4.69) is 16.0 Å². The van der Waals surface area contributed by atoms with E-state index in [1.165, 1.54) is 6.07 Å². The molecule has 0 aliphatic carbocycles. The molecule has 2 aromatic carbocycles. The third-order valence-electron chi connectivity index (χ3n) is 3.42. The lowest BCUT2D eigenvalue weighted by Gasteiger charge is -2.28. The summed E-state index contributed by atoms with van der Waals surface area (Å²) in [5, 5.41) is 18.0.